The van der Waals surface area contributed by atoms with E-state index in [0.717, 1.165) is 60.1 Å². The summed E-state index contributed by atoms with van der Waals surface area (Å²) in [6.07, 6.45) is 7.03. The van der Waals surface area contributed by atoms with Gasteiger partial charge in [0.25, 0.3) is 5.56 Å². The van der Waals surface area contributed by atoms with E-state index in [9.17, 15) is 4.79 Å². The lowest BCUT2D eigenvalue weighted by atomic mass is 9.97. The molecule has 1 N–H and O–H groups in total. The van der Waals surface area contributed by atoms with Gasteiger partial charge in [-0.15, -0.1) is 5.10 Å². The number of aryl methyl sites for hydroxylation is 1. The van der Waals surface area contributed by atoms with E-state index < -0.39 is 0 Å². The van der Waals surface area contributed by atoms with Gasteiger partial charge in [-0.3, -0.25) is 9.69 Å². The summed E-state index contributed by atoms with van der Waals surface area (Å²) in [5.41, 5.74) is 2.80. The van der Waals surface area contributed by atoms with Gasteiger partial charge < -0.3 is 9.72 Å². The van der Waals surface area contributed by atoms with Gasteiger partial charge >= 0.3 is 0 Å². The Balaban J connectivity index is 1.51. The summed E-state index contributed by atoms with van der Waals surface area (Å²) in [5.74, 6) is 1.17. The topological polar surface area (TPSA) is 88.9 Å². The van der Waals surface area contributed by atoms with Gasteiger partial charge in [0.05, 0.1) is 24.2 Å². The molecule has 2 aromatic heterocycles. The molecule has 1 aliphatic heterocycles. The van der Waals surface area contributed by atoms with Crippen molar-refractivity contribution in [3.8, 4) is 0 Å². The highest BCUT2D eigenvalue weighted by molar-refractivity contribution is 5.81. The number of rotatable bonds is 8. The number of hydrogen-bond acceptors (Lipinski definition) is 6. The van der Waals surface area contributed by atoms with Crippen LogP contribution >= 0.6 is 0 Å². The second-order valence-corrected chi connectivity index (χ2v) is 10.3. The zero-order valence-corrected chi connectivity index (χ0v) is 20.5. The van der Waals surface area contributed by atoms with Crippen molar-refractivity contribution >= 4 is 10.9 Å². The van der Waals surface area contributed by atoms with Gasteiger partial charge in [-0.1, -0.05) is 44.9 Å². The second-order valence-electron chi connectivity index (χ2n) is 10.3. The maximum atomic E-state index is 13.2. The molecule has 2 atom stereocenters. The number of nitrogens with one attached hydrogen (secondary N) is 1. The number of ether oxygens (including phenoxy) is 1. The molecule has 34 heavy (non-hydrogen) atoms. The molecule has 0 amide bonds. The third-order valence-electron chi connectivity index (χ3n) is 7.53. The summed E-state index contributed by atoms with van der Waals surface area (Å²) >= 11 is 0. The van der Waals surface area contributed by atoms with Crippen LogP contribution in [-0.2, 0) is 17.8 Å². The van der Waals surface area contributed by atoms with Crippen LogP contribution in [0.3, 0.4) is 0 Å². The number of hydrogen-bond donors (Lipinski definition) is 1. The fourth-order valence-electron chi connectivity index (χ4n) is 5.80. The van der Waals surface area contributed by atoms with E-state index in [1.807, 2.05) is 23.7 Å². The van der Waals surface area contributed by atoms with E-state index in [4.69, 9.17) is 4.74 Å². The van der Waals surface area contributed by atoms with E-state index in [-0.39, 0.29) is 23.6 Å². The molecule has 2 aliphatic rings. The smallest absolute Gasteiger partial charge is 0.252 e. The third-order valence-corrected chi connectivity index (χ3v) is 7.53. The lowest BCUT2D eigenvalue weighted by Crippen LogP contribution is -2.41. The van der Waals surface area contributed by atoms with Crippen LogP contribution in [0.15, 0.2) is 29.1 Å². The third kappa shape index (κ3) is 4.66. The molecule has 0 spiro atoms. The largest absolute Gasteiger partial charge is 0.376 e. The lowest BCUT2D eigenvalue weighted by Gasteiger charge is -2.38. The molecule has 0 radical (unpaired) electrons. The standard InChI is InChI=1S/C26H36N6O2/c1-17(2)24(25-28-29-30-32(25)16-22-12-7-13-34-22)31(21-10-4-5-11-21)15-20-14-19-9-6-8-18(3)23(19)27-26(20)33/h6,8-9,14,17,21-22,24H,4-5,7,10-13,15-16H2,1-3H3,(H,27,33). The van der Waals surface area contributed by atoms with E-state index >= 15 is 0 Å². The Hall–Kier alpha value is -2.58. The van der Waals surface area contributed by atoms with Crippen molar-refractivity contribution in [1.82, 2.24) is 30.1 Å². The van der Waals surface area contributed by atoms with E-state index in [1.54, 1.807) is 0 Å². The summed E-state index contributed by atoms with van der Waals surface area (Å²) in [6.45, 7) is 8.57. The van der Waals surface area contributed by atoms with Gasteiger partial charge in [-0.25, -0.2) is 4.68 Å². The molecule has 8 heteroatoms. The Kier molecular flexibility index (Phi) is 6.79. The van der Waals surface area contributed by atoms with E-state index in [0.29, 0.717) is 19.1 Å². The number of nitrogens with zero attached hydrogens (tertiary/aromatic N) is 5. The van der Waals surface area contributed by atoms with Gasteiger partial charge in [0.2, 0.25) is 0 Å². The van der Waals surface area contributed by atoms with Crippen LogP contribution < -0.4 is 5.56 Å². The first-order valence-corrected chi connectivity index (χ1v) is 12.8. The Labute approximate surface area is 200 Å². The van der Waals surface area contributed by atoms with Gasteiger partial charge in [-0.05, 0) is 66.0 Å². The number of pyridine rings is 1. The van der Waals surface area contributed by atoms with Crippen LogP contribution in [0.4, 0.5) is 0 Å². The molecule has 1 saturated carbocycles. The van der Waals surface area contributed by atoms with Crippen molar-refractivity contribution in [1.29, 1.82) is 0 Å². The average Bonchev–Trinajstić information content (AvgIpc) is 3.58. The molecule has 1 aliphatic carbocycles. The minimum Gasteiger partial charge on any atom is -0.376 e. The SMILES string of the molecule is Cc1cccc2cc(CN(C3CCCC3)C(c3nnnn3CC3CCCO3)C(C)C)c(=O)[nH]c12. The lowest BCUT2D eigenvalue weighted by molar-refractivity contribution is 0.0718. The first-order valence-electron chi connectivity index (χ1n) is 12.8. The van der Waals surface area contributed by atoms with Crippen LogP contribution in [0.5, 0.6) is 0 Å². The normalized spacial score (nSPS) is 20.2. The highest BCUT2D eigenvalue weighted by Crippen LogP contribution is 2.36. The summed E-state index contributed by atoms with van der Waals surface area (Å²) in [7, 11) is 0. The maximum absolute atomic E-state index is 13.2. The average molecular weight is 465 g/mol. The Morgan fingerprint density at radius 2 is 2.03 bits per heavy atom. The Bertz CT molecular complexity index is 1170. The quantitative estimate of drug-likeness (QED) is 0.539. The summed E-state index contributed by atoms with van der Waals surface area (Å²) in [5, 5.41) is 14.0. The second kappa shape index (κ2) is 9.96. The molecule has 1 saturated heterocycles. The van der Waals surface area contributed by atoms with Crippen LogP contribution in [0.1, 0.15) is 75.4 Å². The number of benzene rings is 1. The molecule has 2 unspecified atom stereocenters. The fraction of sp³-hybridized carbons (Fsp3) is 0.615. The predicted octanol–water partition coefficient (Wildman–Crippen LogP) is 4.14. The maximum Gasteiger partial charge on any atom is 0.252 e. The predicted molar refractivity (Wildman–Crippen MR) is 131 cm³/mol. The van der Waals surface area contributed by atoms with Crippen LogP contribution in [0, 0.1) is 12.8 Å². The van der Waals surface area contributed by atoms with Crippen molar-refractivity contribution in [2.24, 2.45) is 5.92 Å². The highest BCUT2D eigenvalue weighted by Gasteiger charge is 2.36. The first-order chi connectivity index (χ1) is 16.5. The number of aromatic nitrogens is 5. The van der Waals surface area contributed by atoms with E-state index in [1.165, 1.54) is 12.8 Å². The minimum atomic E-state index is -0.00810. The van der Waals surface area contributed by atoms with Gasteiger partial charge in [0.1, 0.15) is 0 Å². The zero-order valence-electron chi connectivity index (χ0n) is 20.5. The number of para-hydroxylation sites is 1. The highest BCUT2D eigenvalue weighted by atomic mass is 16.5. The molecule has 8 nitrogen and oxygen atoms in total. The molecular formula is C26H36N6O2. The Morgan fingerprint density at radius 3 is 2.76 bits per heavy atom. The van der Waals surface area contributed by atoms with Crippen molar-refractivity contribution in [3.05, 3.63) is 51.6 Å². The molecular weight excluding hydrogens is 428 g/mol. The van der Waals surface area contributed by atoms with E-state index in [2.05, 4.69) is 51.4 Å². The van der Waals surface area contributed by atoms with Gasteiger partial charge in [-0.2, -0.15) is 0 Å². The molecule has 2 fully saturated rings. The molecule has 3 aromatic rings. The van der Waals surface area contributed by atoms with Crippen LogP contribution in [-0.4, -0.2) is 48.8 Å². The van der Waals surface area contributed by atoms with Crippen molar-refractivity contribution in [2.75, 3.05) is 6.61 Å². The fourth-order valence-corrected chi connectivity index (χ4v) is 5.80. The molecule has 1 aromatic carbocycles. The number of aromatic amines is 1. The van der Waals surface area contributed by atoms with Crippen molar-refractivity contribution in [3.63, 3.8) is 0 Å². The van der Waals surface area contributed by atoms with Gasteiger partial charge in [0, 0.05) is 24.8 Å². The number of fused-ring (bicyclic) bond motifs is 1. The van der Waals surface area contributed by atoms with Crippen molar-refractivity contribution < 1.29 is 4.74 Å². The van der Waals surface area contributed by atoms with Gasteiger partial charge in [0.15, 0.2) is 5.82 Å². The molecule has 0 bridgehead atoms. The Morgan fingerprint density at radius 1 is 1.21 bits per heavy atom. The zero-order chi connectivity index (χ0) is 23.7. The monoisotopic (exact) mass is 464 g/mol. The summed E-state index contributed by atoms with van der Waals surface area (Å²) in [6, 6.07) is 8.65. The molecule has 5 rings (SSSR count). The van der Waals surface area contributed by atoms with Crippen LogP contribution in [0.25, 0.3) is 10.9 Å². The van der Waals surface area contributed by atoms with Crippen LogP contribution in [0.2, 0.25) is 0 Å². The van der Waals surface area contributed by atoms with Crippen molar-refractivity contribution in [2.45, 2.75) is 90.6 Å². The molecule has 182 valence electrons. The molecule has 3 heterocycles. The number of H-pyrrole nitrogens is 1. The summed E-state index contributed by atoms with van der Waals surface area (Å²) < 4.78 is 7.81. The minimum absolute atomic E-state index is 0.00810. The summed E-state index contributed by atoms with van der Waals surface area (Å²) in [4.78, 5) is 18.8. The number of tetrazole rings is 1. The first kappa shape index (κ1) is 23.2.